The summed E-state index contributed by atoms with van der Waals surface area (Å²) in [6, 6.07) is 13.9. The number of rotatable bonds is 8. The Kier molecular flexibility index (Phi) is 6.76. The molecule has 0 aromatic heterocycles. The second-order valence-corrected chi connectivity index (χ2v) is 8.18. The summed E-state index contributed by atoms with van der Waals surface area (Å²) in [4.78, 5) is 12.4. The van der Waals surface area contributed by atoms with Gasteiger partial charge in [-0.05, 0) is 48.7 Å². The zero-order valence-electron chi connectivity index (χ0n) is 15.2. The molecule has 0 saturated heterocycles. The Morgan fingerprint density at radius 2 is 1.85 bits per heavy atom. The first-order valence-electron chi connectivity index (χ1n) is 8.28. The average Bonchev–Trinajstić information content (AvgIpc) is 2.65. The summed E-state index contributed by atoms with van der Waals surface area (Å²) < 4.78 is 30.6. The Morgan fingerprint density at radius 1 is 1.12 bits per heavy atom. The van der Waals surface area contributed by atoms with Gasteiger partial charge in [-0.1, -0.05) is 18.2 Å². The van der Waals surface area contributed by atoms with E-state index in [-0.39, 0.29) is 10.8 Å². The van der Waals surface area contributed by atoms with Gasteiger partial charge in [0.25, 0.3) is 5.91 Å². The molecule has 0 aliphatic carbocycles. The molecule has 6 nitrogen and oxygen atoms in total. The predicted molar refractivity (Wildman–Crippen MR) is 101 cm³/mol. The molecule has 0 aliphatic heterocycles. The van der Waals surface area contributed by atoms with Gasteiger partial charge < -0.3 is 10.1 Å². The molecule has 7 heteroatoms. The van der Waals surface area contributed by atoms with Crippen LogP contribution >= 0.6 is 0 Å². The van der Waals surface area contributed by atoms with Crippen molar-refractivity contribution in [2.75, 3.05) is 27.7 Å². The molecule has 0 spiro atoms. The van der Waals surface area contributed by atoms with Gasteiger partial charge in [-0.3, -0.25) is 4.79 Å². The van der Waals surface area contributed by atoms with E-state index in [0.717, 1.165) is 28.5 Å². The Hall–Kier alpha value is -2.38. The fourth-order valence-corrected chi connectivity index (χ4v) is 3.38. The van der Waals surface area contributed by atoms with Crippen LogP contribution in [0.5, 0.6) is 5.75 Å². The monoisotopic (exact) mass is 376 g/mol. The number of amides is 1. The topological polar surface area (TPSA) is 75.7 Å². The maximum atomic E-state index is 12.3. The molecule has 2 rings (SSSR count). The number of aryl methyl sites for hydroxylation is 1. The second kappa shape index (κ2) is 8.82. The summed E-state index contributed by atoms with van der Waals surface area (Å²) in [6.45, 7) is 0.501. The number of nitrogens with zero attached hydrogens (tertiary/aromatic N) is 1. The first kappa shape index (κ1) is 19.9. The van der Waals surface area contributed by atoms with Crippen molar-refractivity contribution in [1.29, 1.82) is 0 Å². The molecule has 0 atom stereocenters. The van der Waals surface area contributed by atoms with Crippen LogP contribution in [0.4, 0.5) is 0 Å². The van der Waals surface area contributed by atoms with Crippen molar-refractivity contribution < 1.29 is 17.9 Å². The third kappa shape index (κ3) is 5.06. The highest BCUT2D eigenvalue weighted by Gasteiger charge is 2.18. The molecule has 0 aliphatic rings. The lowest BCUT2D eigenvalue weighted by Gasteiger charge is -2.12. The van der Waals surface area contributed by atoms with Crippen LogP contribution in [0.1, 0.15) is 22.3 Å². The van der Waals surface area contributed by atoms with Gasteiger partial charge in [-0.15, -0.1) is 0 Å². The maximum absolute atomic E-state index is 12.3. The Morgan fingerprint density at radius 3 is 2.54 bits per heavy atom. The van der Waals surface area contributed by atoms with Crippen molar-refractivity contribution in [3.63, 3.8) is 0 Å². The van der Waals surface area contributed by atoms with Gasteiger partial charge in [0.15, 0.2) is 0 Å². The summed E-state index contributed by atoms with van der Waals surface area (Å²) in [6.07, 6.45) is 1.58. The molecule has 0 saturated carbocycles. The second-order valence-electron chi connectivity index (χ2n) is 6.03. The lowest BCUT2D eigenvalue weighted by Crippen LogP contribution is -2.26. The summed E-state index contributed by atoms with van der Waals surface area (Å²) in [5, 5.41) is 2.83. The van der Waals surface area contributed by atoms with E-state index >= 15 is 0 Å². The van der Waals surface area contributed by atoms with E-state index in [4.69, 9.17) is 4.74 Å². The van der Waals surface area contributed by atoms with Gasteiger partial charge in [0, 0.05) is 26.2 Å². The number of benzene rings is 2. The van der Waals surface area contributed by atoms with Crippen LogP contribution in [0, 0.1) is 0 Å². The summed E-state index contributed by atoms with van der Waals surface area (Å²) in [7, 11) is 0.988. The smallest absolute Gasteiger partial charge is 0.251 e. The van der Waals surface area contributed by atoms with Crippen molar-refractivity contribution in [3.8, 4) is 5.75 Å². The Labute approximate surface area is 154 Å². The van der Waals surface area contributed by atoms with Crippen LogP contribution < -0.4 is 10.1 Å². The molecule has 0 unspecified atom stereocenters. The number of hydrogen-bond acceptors (Lipinski definition) is 4. The number of carbonyl (C=O) groups excluding carboxylic acids is 1. The van der Waals surface area contributed by atoms with Crippen LogP contribution in [0.25, 0.3) is 0 Å². The molecule has 0 fully saturated rings. The molecule has 1 N–H and O–H groups in total. The third-order valence-corrected chi connectivity index (χ3v) is 5.75. The van der Waals surface area contributed by atoms with Crippen molar-refractivity contribution in [2.45, 2.75) is 17.7 Å². The Bertz CT molecular complexity index is 863. The third-order valence-electron chi connectivity index (χ3n) is 3.94. The molecule has 0 bridgehead atoms. The van der Waals surface area contributed by atoms with Gasteiger partial charge in [-0.2, -0.15) is 0 Å². The van der Waals surface area contributed by atoms with Crippen LogP contribution in [0.15, 0.2) is 53.4 Å². The number of methoxy groups -OCH3 is 1. The standard InChI is InChI=1S/C19H24N2O4S/c1-21(2)26(23,24)18-11-5-9-16(14-18)19(22)20-12-6-8-15-7-4-10-17(13-15)25-3/h4-5,7,9-11,13-14H,6,8,12H2,1-3H3,(H,20,22). The predicted octanol–water partition coefficient (Wildman–Crippen LogP) is 2.31. The zero-order chi connectivity index (χ0) is 19.2. The fourth-order valence-electron chi connectivity index (χ4n) is 2.43. The van der Waals surface area contributed by atoms with E-state index in [1.807, 2.05) is 24.3 Å². The van der Waals surface area contributed by atoms with Crippen LogP contribution in [0.2, 0.25) is 0 Å². The molecular formula is C19H24N2O4S. The molecule has 0 radical (unpaired) electrons. The van der Waals surface area contributed by atoms with E-state index in [9.17, 15) is 13.2 Å². The number of nitrogens with one attached hydrogen (secondary N) is 1. The van der Waals surface area contributed by atoms with Gasteiger partial charge in [0.05, 0.1) is 12.0 Å². The van der Waals surface area contributed by atoms with Crippen molar-refractivity contribution >= 4 is 15.9 Å². The summed E-state index contributed by atoms with van der Waals surface area (Å²) in [5.41, 5.74) is 1.46. The van der Waals surface area contributed by atoms with Gasteiger partial charge in [-0.25, -0.2) is 12.7 Å². The average molecular weight is 376 g/mol. The lowest BCUT2D eigenvalue weighted by atomic mass is 10.1. The van der Waals surface area contributed by atoms with E-state index in [0.29, 0.717) is 12.1 Å². The fraction of sp³-hybridized carbons (Fsp3) is 0.316. The first-order valence-corrected chi connectivity index (χ1v) is 9.72. The summed E-state index contributed by atoms with van der Waals surface area (Å²) >= 11 is 0. The molecule has 2 aromatic rings. The van der Waals surface area contributed by atoms with E-state index in [2.05, 4.69) is 5.32 Å². The lowest BCUT2D eigenvalue weighted by molar-refractivity contribution is 0.0953. The van der Waals surface area contributed by atoms with Gasteiger partial charge >= 0.3 is 0 Å². The molecule has 140 valence electrons. The minimum atomic E-state index is -3.56. The Balaban J connectivity index is 1.92. The van der Waals surface area contributed by atoms with Crippen LogP contribution in [0.3, 0.4) is 0 Å². The van der Waals surface area contributed by atoms with Crippen molar-refractivity contribution in [2.24, 2.45) is 0 Å². The number of ether oxygens (including phenoxy) is 1. The van der Waals surface area contributed by atoms with Crippen LogP contribution in [-0.4, -0.2) is 46.4 Å². The van der Waals surface area contributed by atoms with Gasteiger partial charge in [0.1, 0.15) is 5.75 Å². The highest BCUT2D eigenvalue weighted by atomic mass is 32.2. The molecule has 0 heterocycles. The first-order chi connectivity index (χ1) is 12.3. The number of carbonyl (C=O) groups is 1. The highest BCUT2D eigenvalue weighted by molar-refractivity contribution is 7.89. The van der Waals surface area contributed by atoms with E-state index in [1.54, 1.807) is 19.2 Å². The zero-order valence-corrected chi connectivity index (χ0v) is 16.0. The molecule has 1 amide bonds. The maximum Gasteiger partial charge on any atom is 0.251 e. The van der Waals surface area contributed by atoms with E-state index < -0.39 is 10.0 Å². The quantitative estimate of drug-likeness (QED) is 0.718. The highest BCUT2D eigenvalue weighted by Crippen LogP contribution is 2.15. The molecular weight excluding hydrogens is 352 g/mol. The minimum Gasteiger partial charge on any atom is -0.497 e. The normalized spacial score (nSPS) is 11.4. The number of sulfonamides is 1. The number of hydrogen-bond donors (Lipinski definition) is 1. The van der Waals surface area contributed by atoms with E-state index in [1.165, 1.54) is 26.2 Å². The molecule has 2 aromatic carbocycles. The van der Waals surface area contributed by atoms with Crippen molar-refractivity contribution in [3.05, 3.63) is 59.7 Å². The van der Waals surface area contributed by atoms with Crippen molar-refractivity contribution in [1.82, 2.24) is 9.62 Å². The largest absolute Gasteiger partial charge is 0.497 e. The SMILES string of the molecule is COc1cccc(CCCNC(=O)c2cccc(S(=O)(=O)N(C)C)c2)c1. The van der Waals surface area contributed by atoms with Gasteiger partial charge in [0.2, 0.25) is 10.0 Å². The minimum absolute atomic E-state index is 0.103. The van der Waals surface area contributed by atoms with Crippen LogP contribution in [-0.2, 0) is 16.4 Å². The molecule has 26 heavy (non-hydrogen) atoms. The summed E-state index contributed by atoms with van der Waals surface area (Å²) in [5.74, 6) is 0.525.